The van der Waals surface area contributed by atoms with Gasteiger partial charge in [-0.2, -0.15) is 0 Å². The zero-order chi connectivity index (χ0) is 19.8. The van der Waals surface area contributed by atoms with Gasteiger partial charge in [-0.05, 0) is 48.9 Å². The largest absolute Gasteiger partial charge is 0.494 e. The summed E-state index contributed by atoms with van der Waals surface area (Å²) in [4.78, 5) is 29.2. The van der Waals surface area contributed by atoms with Crippen LogP contribution in [0.1, 0.15) is 33.2 Å². The highest BCUT2D eigenvalue weighted by Gasteiger charge is 2.14. The molecule has 0 spiro atoms. The third-order valence-electron chi connectivity index (χ3n) is 4.00. The van der Waals surface area contributed by atoms with Gasteiger partial charge in [-0.15, -0.1) is 0 Å². The Morgan fingerprint density at radius 3 is 2.64 bits per heavy atom. The van der Waals surface area contributed by atoms with Crippen molar-refractivity contribution in [3.05, 3.63) is 89.7 Å². The molecule has 142 valence electrons. The molecule has 0 bridgehead atoms. The summed E-state index contributed by atoms with van der Waals surface area (Å²) in [5.41, 5.74) is 2.18. The van der Waals surface area contributed by atoms with Crippen LogP contribution >= 0.6 is 0 Å². The summed E-state index contributed by atoms with van der Waals surface area (Å²) in [6.45, 7) is 2.75. The van der Waals surface area contributed by atoms with E-state index in [1.165, 1.54) is 0 Å². The van der Waals surface area contributed by atoms with E-state index in [1.54, 1.807) is 60.9 Å². The van der Waals surface area contributed by atoms with Gasteiger partial charge in [0.2, 0.25) is 0 Å². The van der Waals surface area contributed by atoms with Crippen molar-refractivity contribution in [3.63, 3.8) is 0 Å². The molecule has 2 N–H and O–H groups in total. The summed E-state index contributed by atoms with van der Waals surface area (Å²) in [7, 11) is 0. The molecule has 0 saturated heterocycles. The van der Waals surface area contributed by atoms with Crippen molar-refractivity contribution in [1.29, 1.82) is 0 Å². The first-order valence-electron chi connectivity index (χ1n) is 8.97. The van der Waals surface area contributed by atoms with Crippen LogP contribution in [0.5, 0.6) is 5.75 Å². The zero-order valence-electron chi connectivity index (χ0n) is 15.5. The van der Waals surface area contributed by atoms with Crippen LogP contribution < -0.4 is 15.4 Å². The van der Waals surface area contributed by atoms with Gasteiger partial charge in [0, 0.05) is 24.5 Å². The number of hydrogen-bond donors (Lipinski definition) is 2. The Morgan fingerprint density at radius 2 is 1.86 bits per heavy atom. The van der Waals surface area contributed by atoms with Crippen LogP contribution in [0.3, 0.4) is 0 Å². The van der Waals surface area contributed by atoms with E-state index in [9.17, 15) is 9.59 Å². The van der Waals surface area contributed by atoms with Gasteiger partial charge in [0.15, 0.2) is 0 Å². The number of carbonyl (C=O) groups excluding carboxylic acids is 2. The minimum Gasteiger partial charge on any atom is -0.494 e. The van der Waals surface area contributed by atoms with E-state index in [1.807, 2.05) is 19.1 Å². The molecule has 0 aliphatic heterocycles. The highest BCUT2D eigenvalue weighted by molar-refractivity contribution is 6.09. The maximum absolute atomic E-state index is 12.6. The lowest BCUT2D eigenvalue weighted by molar-refractivity contribution is 0.0951. The lowest BCUT2D eigenvalue weighted by atomic mass is 10.1. The fourth-order valence-corrected chi connectivity index (χ4v) is 2.66. The molecule has 28 heavy (non-hydrogen) atoms. The maximum atomic E-state index is 12.6. The summed E-state index contributed by atoms with van der Waals surface area (Å²) in [5.74, 6) is 0.0366. The quantitative estimate of drug-likeness (QED) is 0.660. The number of pyridine rings is 1. The first kappa shape index (κ1) is 19.1. The normalized spacial score (nSPS) is 10.2. The van der Waals surface area contributed by atoms with Crippen LogP contribution in [0, 0.1) is 0 Å². The molecule has 0 aliphatic carbocycles. The van der Waals surface area contributed by atoms with Crippen LogP contribution in [0.25, 0.3) is 0 Å². The Bertz CT molecular complexity index is 958. The number of hydrogen-bond acceptors (Lipinski definition) is 4. The predicted molar refractivity (Wildman–Crippen MR) is 107 cm³/mol. The van der Waals surface area contributed by atoms with E-state index in [-0.39, 0.29) is 11.8 Å². The summed E-state index contributed by atoms with van der Waals surface area (Å²) in [6, 6.07) is 17.5. The van der Waals surface area contributed by atoms with Crippen molar-refractivity contribution < 1.29 is 14.3 Å². The third kappa shape index (κ3) is 4.94. The molecule has 2 amide bonds. The van der Waals surface area contributed by atoms with Gasteiger partial charge < -0.3 is 15.4 Å². The van der Waals surface area contributed by atoms with Crippen molar-refractivity contribution in [3.8, 4) is 5.75 Å². The summed E-state index contributed by atoms with van der Waals surface area (Å²) in [5, 5.41) is 5.65. The Kier molecular flexibility index (Phi) is 6.36. The lowest BCUT2D eigenvalue weighted by Gasteiger charge is -2.12. The molecule has 0 saturated carbocycles. The van der Waals surface area contributed by atoms with E-state index in [0.717, 1.165) is 5.56 Å². The summed E-state index contributed by atoms with van der Waals surface area (Å²) < 4.78 is 5.43. The van der Waals surface area contributed by atoms with Gasteiger partial charge in [-0.3, -0.25) is 14.6 Å². The molecular formula is C22H21N3O3. The number of nitrogens with zero attached hydrogens (tertiary/aromatic N) is 1. The fraction of sp³-hybridized carbons (Fsp3) is 0.136. The van der Waals surface area contributed by atoms with Crippen LogP contribution in [-0.2, 0) is 6.54 Å². The van der Waals surface area contributed by atoms with E-state index < -0.39 is 0 Å². The number of carbonyl (C=O) groups is 2. The van der Waals surface area contributed by atoms with Crippen molar-refractivity contribution >= 4 is 17.5 Å². The number of rotatable bonds is 7. The molecule has 0 unspecified atom stereocenters. The molecular weight excluding hydrogens is 354 g/mol. The smallest absolute Gasteiger partial charge is 0.255 e. The van der Waals surface area contributed by atoms with Gasteiger partial charge in [0.1, 0.15) is 5.75 Å². The van der Waals surface area contributed by atoms with Crippen LogP contribution in [-0.4, -0.2) is 23.4 Å². The average molecular weight is 375 g/mol. The average Bonchev–Trinajstić information content (AvgIpc) is 2.73. The lowest BCUT2D eigenvalue weighted by Crippen LogP contribution is -2.25. The number of benzene rings is 2. The predicted octanol–water partition coefficient (Wildman–Crippen LogP) is 3.66. The highest BCUT2D eigenvalue weighted by atomic mass is 16.5. The third-order valence-corrected chi connectivity index (χ3v) is 4.00. The van der Waals surface area contributed by atoms with Crippen LogP contribution in [0.2, 0.25) is 0 Å². The Labute approximate surface area is 163 Å². The highest BCUT2D eigenvalue weighted by Crippen LogP contribution is 2.18. The number of para-hydroxylation sites is 1. The van der Waals surface area contributed by atoms with Crippen LogP contribution in [0.15, 0.2) is 73.1 Å². The van der Waals surface area contributed by atoms with Gasteiger partial charge in [-0.25, -0.2) is 0 Å². The first-order valence-corrected chi connectivity index (χ1v) is 8.97. The molecule has 0 atom stereocenters. The minimum absolute atomic E-state index is 0.275. The van der Waals surface area contributed by atoms with E-state index in [2.05, 4.69) is 15.6 Å². The zero-order valence-corrected chi connectivity index (χ0v) is 15.5. The van der Waals surface area contributed by atoms with Crippen molar-refractivity contribution in [2.75, 3.05) is 11.9 Å². The monoisotopic (exact) mass is 375 g/mol. The van der Waals surface area contributed by atoms with Gasteiger partial charge in [0.25, 0.3) is 11.8 Å². The maximum Gasteiger partial charge on any atom is 0.255 e. The van der Waals surface area contributed by atoms with E-state index in [0.29, 0.717) is 35.7 Å². The second-order valence-corrected chi connectivity index (χ2v) is 6.00. The topological polar surface area (TPSA) is 80.3 Å². The molecule has 1 aromatic heterocycles. The molecule has 6 nitrogen and oxygen atoms in total. The fourth-order valence-electron chi connectivity index (χ4n) is 2.66. The first-order chi connectivity index (χ1) is 13.7. The second-order valence-electron chi connectivity index (χ2n) is 6.00. The minimum atomic E-state index is -0.311. The summed E-state index contributed by atoms with van der Waals surface area (Å²) in [6.07, 6.45) is 3.37. The Morgan fingerprint density at radius 1 is 1.00 bits per heavy atom. The Hall–Kier alpha value is -3.67. The van der Waals surface area contributed by atoms with Gasteiger partial charge in [0.05, 0.1) is 17.9 Å². The van der Waals surface area contributed by atoms with E-state index >= 15 is 0 Å². The van der Waals surface area contributed by atoms with Crippen molar-refractivity contribution in [2.24, 2.45) is 0 Å². The van der Waals surface area contributed by atoms with Crippen molar-refractivity contribution in [2.45, 2.75) is 13.5 Å². The molecule has 1 heterocycles. The molecule has 2 aromatic carbocycles. The number of amides is 2. The van der Waals surface area contributed by atoms with Crippen molar-refractivity contribution in [1.82, 2.24) is 10.3 Å². The summed E-state index contributed by atoms with van der Waals surface area (Å²) >= 11 is 0. The second kappa shape index (κ2) is 9.32. The number of ether oxygens (including phenoxy) is 1. The number of anilines is 1. The standard InChI is InChI=1S/C22H21N3O3/c1-2-28-18-9-5-8-17(13-18)21(26)25-20-11-4-3-10-19(20)22(27)24-15-16-7-6-12-23-14-16/h3-14H,2,15H2,1H3,(H,24,27)(H,25,26). The number of nitrogens with one attached hydrogen (secondary N) is 2. The molecule has 0 fully saturated rings. The molecule has 3 aromatic rings. The molecule has 0 aliphatic rings. The van der Waals surface area contributed by atoms with Gasteiger partial charge in [-0.1, -0.05) is 24.3 Å². The Balaban J connectivity index is 1.72. The van der Waals surface area contributed by atoms with E-state index in [4.69, 9.17) is 4.74 Å². The number of aromatic nitrogens is 1. The SMILES string of the molecule is CCOc1cccc(C(=O)Nc2ccccc2C(=O)NCc2cccnc2)c1. The molecule has 3 rings (SSSR count). The van der Waals surface area contributed by atoms with Crippen LogP contribution in [0.4, 0.5) is 5.69 Å². The molecule has 6 heteroatoms. The molecule has 0 radical (unpaired) electrons. The van der Waals surface area contributed by atoms with Gasteiger partial charge >= 0.3 is 0 Å².